The molecule has 0 saturated carbocycles. The molecule has 0 atom stereocenters. The van der Waals surface area contributed by atoms with Crippen molar-refractivity contribution in [2.24, 2.45) is 0 Å². The zero-order valence-corrected chi connectivity index (χ0v) is 17.6. The molecule has 0 saturated heterocycles. The summed E-state index contributed by atoms with van der Waals surface area (Å²) in [4.78, 5) is 26.3. The van der Waals surface area contributed by atoms with Gasteiger partial charge in [0.25, 0.3) is 11.1 Å². The lowest BCUT2D eigenvalue weighted by Gasteiger charge is -2.14. The second-order valence-electron chi connectivity index (χ2n) is 7.38. The van der Waals surface area contributed by atoms with Crippen LogP contribution in [-0.2, 0) is 24.2 Å². The largest absolute Gasteiger partial charge is 0.497 e. The number of nitrogens with zero attached hydrogens (tertiary/aromatic N) is 2. The van der Waals surface area contributed by atoms with Gasteiger partial charge in [0.05, 0.1) is 31.2 Å². The standard InChI is InChI=1S/C24H25N3O4/c1-30-12-11-26-21(14-18-9-6-10-19(13-18)31-2)23-20(15-22(26)28)25-27(24(23)29)16-17-7-4-3-5-8-17/h3-10,13,15,25H,11-12,14,16H2,1-2H3. The highest BCUT2D eigenvalue weighted by Gasteiger charge is 2.18. The van der Waals surface area contributed by atoms with Gasteiger partial charge in [-0.05, 0) is 23.3 Å². The van der Waals surface area contributed by atoms with Crippen LogP contribution in [0.3, 0.4) is 0 Å². The zero-order valence-electron chi connectivity index (χ0n) is 17.6. The maximum atomic E-state index is 13.4. The minimum absolute atomic E-state index is 0.150. The van der Waals surface area contributed by atoms with Gasteiger partial charge < -0.3 is 14.0 Å². The molecule has 2 aromatic heterocycles. The summed E-state index contributed by atoms with van der Waals surface area (Å²) in [5.41, 5.74) is 2.84. The summed E-state index contributed by atoms with van der Waals surface area (Å²) in [7, 11) is 3.21. The number of fused-ring (bicyclic) bond motifs is 1. The predicted molar refractivity (Wildman–Crippen MR) is 120 cm³/mol. The summed E-state index contributed by atoms with van der Waals surface area (Å²) in [5, 5.41) is 3.64. The van der Waals surface area contributed by atoms with Gasteiger partial charge in [-0.25, -0.2) is 4.68 Å². The maximum Gasteiger partial charge on any atom is 0.276 e. The smallest absolute Gasteiger partial charge is 0.276 e. The Balaban J connectivity index is 1.87. The van der Waals surface area contributed by atoms with Gasteiger partial charge in [0.1, 0.15) is 5.75 Å². The van der Waals surface area contributed by atoms with E-state index in [4.69, 9.17) is 9.47 Å². The van der Waals surface area contributed by atoms with Gasteiger partial charge in [-0.1, -0.05) is 42.5 Å². The van der Waals surface area contributed by atoms with Crippen LogP contribution in [0, 0.1) is 0 Å². The van der Waals surface area contributed by atoms with Gasteiger partial charge in [-0.2, -0.15) is 0 Å². The lowest BCUT2D eigenvalue weighted by molar-refractivity contribution is 0.185. The Labute approximate surface area is 179 Å². The Hall–Kier alpha value is -3.58. The number of rotatable bonds is 8. The summed E-state index contributed by atoms with van der Waals surface area (Å²) in [5.74, 6) is 0.728. The number of aromatic amines is 1. The number of benzene rings is 2. The average molecular weight is 419 g/mol. The normalized spacial score (nSPS) is 11.2. The molecule has 0 unspecified atom stereocenters. The minimum atomic E-state index is -0.171. The van der Waals surface area contributed by atoms with Gasteiger partial charge >= 0.3 is 0 Å². The molecule has 7 heteroatoms. The van der Waals surface area contributed by atoms with E-state index in [0.717, 1.165) is 16.9 Å². The fourth-order valence-electron chi connectivity index (χ4n) is 3.82. The first-order chi connectivity index (χ1) is 15.1. The molecular weight excluding hydrogens is 394 g/mol. The Morgan fingerprint density at radius 1 is 0.935 bits per heavy atom. The number of ether oxygens (including phenoxy) is 2. The first-order valence-corrected chi connectivity index (χ1v) is 10.1. The van der Waals surface area contributed by atoms with Crippen molar-refractivity contribution in [3.05, 3.63) is 98.2 Å². The van der Waals surface area contributed by atoms with Gasteiger partial charge in [-0.3, -0.25) is 14.7 Å². The molecule has 0 spiro atoms. The van der Waals surface area contributed by atoms with Crippen LogP contribution in [0.1, 0.15) is 16.8 Å². The Bertz CT molecular complexity index is 1300. The quantitative estimate of drug-likeness (QED) is 0.476. The number of nitrogens with one attached hydrogen (secondary N) is 1. The van der Waals surface area contributed by atoms with Crippen LogP contribution in [0.5, 0.6) is 5.75 Å². The zero-order chi connectivity index (χ0) is 21.8. The van der Waals surface area contributed by atoms with E-state index in [9.17, 15) is 9.59 Å². The molecule has 0 aliphatic carbocycles. The molecule has 0 bridgehead atoms. The summed E-state index contributed by atoms with van der Waals surface area (Å²) in [6, 6.07) is 18.9. The molecule has 0 fully saturated rings. The number of pyridine rings is 1. The van der Waals surface area contributed by atoms with Crippen molar-refractivity contribution in [3.63, 3.8) is 0 Å². The molecule has 7 nitrogen and oxygen atoms in total. The van der Waals surface area contributed by atoms with Gasteiger partial charge in [-0.15, -0.1) is 0 Å². The van der Waals surface area contributed by atoms with E-state index in [1.165, 1.54) is 6.07 Å². The molecule has 4 aromatic rings. The SMILES string of the molecule is COCCn1c(Cc2cccc(OC)c2)c2c(=O)n(Cc3ccccc3)[nH]c2cc1=O. The average Bonchev–Trinajstić information content (AvgIpc) is 3.08. The topological polar surface area (TPSA) is 78.2 Å². The first-order valence-electron chi connectivity index (χ1n) is 10.1. The molecule has 0 aliphatic heterocycles. The Kier molecular flexibility index (Phi) is 6.04. The Morgan fingerprint density at radius 3 is 2.45 bits per heavy atom. The summed E-state index contributed by atoms with van der Waals surface area (Å²) in [6.45, 7) is 1.15. The highest BCUT2D eigenvalue weighted by atomic mass is 16.5. The van der Waals surface area contributed by atoms with Crippen molar-refractivity contribution in [2.45, 2.75) is 19.5 Å². The van der Waals surface area contributed by atoms with Crippen molar-refractivity contribution in [1.29, 1.82) is 0 Å². The van der Waals surface area contributed by atoms with Crippen LogP contribution in [0.25, 0.3) is 10.9 Å². The van der Waals surface area contributed by atoms with Crippen LogP contribution in [-0.4, -0.2) is 35.2 Å². The fourth-order valence-corrected chi connectivity index (χ4v) is 3.82. The molecule has 0 amide bonds. The molecule has 2 aromatic carbocycles. The summed E-state index contributed by atoms with van der Waals surface area (Å²) >= 11 is 0. The number of aromatic nitrogens is 3. The van der Waals surface area contributed by atoms with Gasteiger partial charge in [0.2, 0.25) is 0 Å². The van der Waals surface area contributed by atoms with Crippen LogP contribution >= 0.6 is 0 Å². The summed E-state index contributed by atoms with van der Waals surface area (Å²) in [6.07, 6.45) is 0.423. The number of hydrogen-bond donors (Lipinski definition) is 1. The van der Waals surface area contributed by atoms with Crippen molar-refractivity contribution in [1.82, 2.24) is 14.3 Å². The maximum absolute atomic E-state index is 13.4. The molecule has 31 heavy (non-hydrogen) atoms. The van der Waals surface area contributed by atoms with E-state index in [-0.39, 0.29) is 11.1 Å². The Morgan fingerprint density at radius 2 is 1.71 bits per heavy atom. The van der Waals surface area contributed by atoms with E-state index < -0.39 is 0 Å². The number of methoxy groups -OCH3 is 2. The van der Waals surface area contributed by atoms with Gasteiger partial charge in [0.15, 0.2) is 0 Å². The molecule has 1 N–H and O–H groups in total. The number of H-pyrrole nitrogens is 1. The van der Waals surface area contributed by atoms with Crippen molar-refractivity contribution in [3.8, 4) is 5.75 Å². The van der Waals surface area contributed by atoms with Crippen LogP contribution < -0.4 is 15.9 Å². The molecule has 4 rings (SSSR count). The third-order valence-electron chi connectivity index (χ3n) is 5.34. The molecule has 160 valence electrons. The molecule has 2 heterocycles. The van der Waals surface area contributed by atoms with Crippen molar-refractivity contribution < 1.29 is 9.47 Å². The minimum Gasteiger partial charge on any atom is -0.497 e. The van der Waals surface area contributed by atoms with E-state index in [0.29, 0.717) is 42.7 Å². The monoisotopic (exact) mass is 419 g/mol. The van der Waals surface area contributed by atoms with Crippen LogP contribution in [0.4, 0.5) is 0 Å². The van der Waals surface area contributed by atoms with E-state index in [1.807, 2.05) is 54.6 Å². The van der Waals surface area contributed by atoms with E-state index >= 15 is 0 Å². The fraction of sp³-hybridized carbons (Fsp3) is 0.250. The van der Waals surface area contributed by atoms with Crippen LogP contribution in [0.15, 0.2) is 70.3 Å². The molecule has 0 aliphatic rings. The van der Waals surface area contributed by atoms with E-state index in [2.05, 4.69) is 5.10 Å². The van der Waals surface area contributed by atoms with Crippen molar-refractivity contribution >= 4 is 10.9 Å². The predicted octanol–water partition coefficient (Wildman–Crippen LogP) is 2.79. The second-order valence-corrected chi connectivity index (χ2v) is 7.38. The molecular formula is C24H25N3O4. The van der Waals surface area contributed by atoms with E-state index in [1.54, 1.807) is 23.5 Å². The van der Waals surface area contributed by atoms with Crippen LogP contribution in [0.2, 0.25) is 0 Å². The first kappa shape index (κ1) is 20.7. The summed E-state index contributed by atoms with van der Waals surface area (Å²) < 4.78 is 13.7. The molecule has 0 radical (unpaired) electrons. The van der Waals surface area contributed by atoms with Gasteiger partial charge in [0, 0.05) is 31.8 Å². The third kappa shape index (κ3) is 4.32. The number of hydrogen-bond acceptors (Lipinski definition) is 4. The second kappa shape index (κ2) is 9.06. The lowest BCUT2D eigenvalue weighted by atomic mass is 10.1. The van der Waals surface area contributed by atoms with Crippen molar-refractivity contribution in [2.75, 3.05) is 20.8 Å². The highest BCUT2D eigenvalue weighted by Crippen LogP contribution is 2.20. The third-order valence-corrected chi connectivity index (χ3v) is 5.34. The lowest BCUT2D eigenvalue weighted by Crippen LogP contribution is -2.27. The highest BCUT2D eigenvalue weighted by molar-refractivity contribution is 5.80.